The van der Waals surface area contributed by atoms with Crippen LogP contribution in [0.25, 0.3) is 0 Å². The smallest absolute Gasteiger partial charge is 0.123 e. The lowest BCUT2D eigenvalue weighted by Gasteiger charge is -2.24. The third-order valence-corrected chi connectivity index (χ3v) is 3.36. The average Bonchev–Trinajstić information content (AvgIpc) is 2.39. The van der Waals surface area contributed by atoms with Crippen molar-refractivity contribution in [1.82, 2.24) is 9.97 Å². The van der Waals surface area contributed by atoms with Crippen molar-refractivity contribution in [1.29, 1.82) is 0 Å². The first kappa shape index (κ1) is 10.4. The minimum absolute atomic E-state index is 0.188. The number of benzene rings is 1. The van der Waals surface area contributed by atoms with Crippen LogP contribution in [-0.2, 0) is 6.42 Å². The Labute approximate surface area is 99.5 Å². The highest BCUT2D eigenvalue weighted by Gasteiger charge is 2.22. The summed E-state index contributed by atoms with van der Waals surface area (Å²) in [5.74, 6) is 0.106. The van der Waals surface area contributed by atoms with Crippen molar-refractivity contribution < 1.29 is 4.39 Å². The van der Waals surface area contributed by atoms with Gasteiger partial charge in [-0.3, -0.25) is 0 Å². The normalized spacial score (nSPS) is 18.8. The summed E-state index contributed by atoms with van der Waals surface area (Å²) >= 11 is 0. The number of aryl methyl sites for hydroxylation is 1. The second-order valence-corrected chi connectivity index (χ2v) is 4.43. The molecule has 0 amide bonds. The number of nitrogens with zero attached hydrogens (tertiary/aromatic N) is 2. The van der Waals surface area contributed by atoms with Gasteiger partial charge in [0.25, 0.3) is 0 Å². The zero-order chi connectivity index (χ0) is 11.7. The van der Waals surface area contributed by atoms with Gasteiger partial charge < -0.3 is 0 Å². The third-order valence-electron chi connectivity index (χ3n) is 3.36. The largest absolute Gasteiger partial charge is 0.245 e. The van der Waals surface area contributed by atoms with Crippen LogP contribution >= 0.6 is 0 Å². The molecule has 0 spiro atoms. The molecule has 86 valence electrons. The van der Waals surface area contributed by atoms with Crippen LogP contribution in [-0.4, -0.2) is 9.97 Å². The fraction of sp³-hybridized carbons (Fsp3) is 0.286. The molecule has 1 aromatic heterocycles. The first-order chi connectivity index (χ1) is 8.34. The van der Waals surface area contributed by atoms with E-state index >= 15 is 0 Å². The molecule has 2 nitrogen and oxygen atoms in total. The van der Waals surface area contributed by atoms with E-state index in [1.807, 2.05) is 18.3 Å². The van der Waals surface area contributed by atoms with Gasteiger partial charge in [0.2, 0.25) is 0 Å². The lowest BCUT2D eigenvalue weighted by molar-refractivity contribution is 0.590. The molecule has 1 aliphatic carbocycles. The van der Waals surface area contributed by atoms with E-state index in [-0.39, 0.29) is 5.82 Å². The predicted octanol–water partition coefficient (Wildman–Crippen LogP) is 3.08. The van der Waals surface area contributed by atoms with Crippen molar-refractivity contribution in [2.45, 2.75) is 25.2 Å². The molecule has 1 aromatic carbocycles. The Kier molecular flexibility index (Phi) is 2.59. The quantitative estimate of drug-likeness (QED) is 0.749. The number of halogens is 1. The van der Waals surface area contributed by atoms with Crippen LogP contribution in [0.4, 0.5) is 4.39 Å². The summed E-state index contributed by atoms with van der Waals surface area (Å²) in [5, 5.41) is 0. The second-order valence-electron chi connectivity index (χ2n) is 4.43. The Morgan fingerprint density at radius 1 is 1.18 bits per heavy atom. The summed E-state index contributed by atoms with van der Waals surface area (Å²) in [4.78, 5) is 8.46. The number of fused-ring (bicyclic) bond motifs is 1. The number of aromatic nitrogens is 2. The summed E-state index contributed by atoms with van der Waals surface area (Å²) < 4.78 is 12.9. The molecule has 1 aliphatic rings. The second kappa shape index (κ2) is 4.24. The van der Waals surface area contributed by atoms with Gasteiger partial charge >= 0.3 is 0 Å². The van der Waals surface area contributed by atoms with Gasteiger partial charge in [0.1, 0.15) is 12.1 Å². The van der Waals surface area contributed by atoms with Crippen LogP contribution in [0.15, 0.2) is 36.8 Å². The summed E-state index contributed by atoms with van der Waals surface area (Å²) in [6, 6.07) is 6.75. The Bertz CT molecular complexity index is 522. The first-order valence-electron chi connectivity index (χ1n) is 5.89. The molecule has 0 saturated heterocycles. The molecule has 0 radical (unpaired) electrons. The van der Waals surface area contributed by atoms with E-state index in [1.165, 1.54) is 17.7 Å². The van der Waals surface area contributed by atoms with Crippen molar-refractivity contribution in [2.75, 3.05) is 0 Å². The molecule has 1 heterocycles. The number of hydrogen-bond acceptors (Lipinski definition) is 2. The summed E-state index contributed by atoms with van der Waals surface area (Å²) in [5.41, 5.74) is 3.48. The highest BCUT2D eigenvalue weighted by Crippen LogP contribution is 2.34. The Morgan fingerprint density at radius 2 is 2.00 bits per heavy atom. The van der Waals surface area contributed by atoms with Gasteiger partial charge in [-0.15, -0.1) is 0 Å². The zero-order valence-electron chi connectivity index (χ0n) is 9.44. The molecule has 1 atom stereocenters. The van der Waals surface area contributed by atoms with Crippen molar-refractivity contribution in [3.63, 3.8) is 0 Å². The van der Waals surface area contributed by atoms with E-state index in [0.29, 0.717) is 5.92 Å². The van der Waals surface area contributed by atoms with Gasteiger partial charge in [-0.25, -0.2) is 14.4 Å². The highest BCUT2D eigenvalue weighted by atomic mass is 19.1. The summed E-state index contributed by atoms with van der Waals surface area (Å²) in [6.07, 6.45) is 6.77. The fourth-order valence-electron chi connectivity index (χ4n) is 2.53. The van der Waals surface area contributed by atoms with Gasteiger partial charge in [0.15, 0.2) is 0 Å². The number of hydrogen-bond donors (Lipinski definition) is 0. The van der Waals surface area contributed by atoms with Crippen molar-refractivity contribution in [2.24, 2.45) is 0 Å². The maximum absolute atomic E-state index is 12.9. The molecule has 0 aliphatic heterocycles. The van der Waals surface area contributed by atoms with Crippen molar-refractivity contribution in [3.05, 3.63) is 59.4 Å². The van der Waals surface area contributed by atoms with Crippen LogP contribution in [0, 0.1) is 5.82 Å². The molecule has 1 unspecified atom stereocenters. The maximum atomic E-state index is 12.9. The number of rotatable bonds is 1. The molecular weight excluding hydrogens is 215 g/mol. The zero-order valence-corrected chi connectivity index (χ0v) is 9.44. The van der Waals surface area contributed by atoms with Crippen LogP contribution in [0.2, 0.25) is 0 Å². The van der Waals surface area contributed by atoms with Crippen LogP contribution in [0.3, 0.4) is 0 Å². The SMILES string of the molecule is Fc1ccc(C2CCCc3cncnc32)cc1. The van der Waals surface area contributed by atoms with Gasteiger partial charge in [0, 0.05) is 12.1 Å². The molecule has 17 heavy (non-hydrogen) atoms. The highest BCUT2D eigenvalue weighted by molar-refractivity contribution is 5.34. The van der Waals surface area contributed by atoms with Gasteiger partial charge in [0.05, 0.1) is 5.69 Å². The third kappa shape index (κ3) is 1.93. The van der Waals surface area contributed by atoms with Gasteiger partial charge in [-0.05, 0) is 42.5 Å². The van der Waals surface area contributed by atoms with Crippen LogP contribution in [0.5, 0.6) is 0 Å². The molecule has 3 rings (SSSR count). The monoisotopic (exact) mass is 228 g/mol. The molecule has 0 N–H and O–H groups in total. The topological polar surface area (TPSA) is 25.8 Å². The van der Waals surface area contributed by atoms with Crippen molar-refractivity contribution in [3.8, 4) is 0 Å². The lowest BCUT2D eigenvalue weighted by Crippen LogP contribution is -2.13. The molecule has 0 bridgehead atoms. The molecule has 0 fully saturated rings. The van der Waals surface area contributed by atoms with E-state index < -0.39 is 0 Å². The van der Waals surface area contributed by atoms with E-state index in [2.05, 4.69) is 9.97 Å². The Hall–Kier alpha value is -1.77. The van der Waals surface area contributed by atoms with E-state index in [9.17, 15) is 4.39 Å². The minimum Gasteiger partial charge on any atom is -0.245 e. The molecule has 0 saturated carbocycles. The van der Waals surface area contributed by atoms with Crippen LogP contribution in [0.1, 0.15) is 35.6 Å². The molecular formula is C14H13FN2. The van der Waals surface area contributed by atoms with Crippen LogP contribution < -0.4 is 0 Å². The van der Waals surface area contributed by atoms with E-state index in [4.69, 9.17) is 0 Å². The summed E-state index contributed by atoms with van der Waals surface area (Å²) in [7, 11) is 0. The average molecular weight is 228 g/mol. The first-order valence-corrected chi connectivity index (χ1v) is 5.89. The standard InChI is InChI=1S/C14H13FN2/c15-12-6-4-10(5-7-12)13-3-1-2-11-8-16-9-17-14(11)13/h4-9,13H,1-3H2. The molecule has 2 aromatic rings. The van der Waals surface area contributed by atoms with Crippen molar-refractivity contribution >= 4 is 0 Å². The molecule has 3 heteroatoms. The lowest BCUT2D eigenvalue weighted by atomic mass is 9.83. The Morgan fingerprint density at radius 3 is 2.82 bits per heavy atom. The van der Waals surface area contributed by atoms with Gasteiger partial charge in [-0.1, -0.05) is 12.1 Å². The maximum Gasteiger partial charge on any atom is 0.123 e. The van der Waals surface area contributed by atoms with Gasteiger partial charge in [-0.2, -0.15) is 0 Å². The summed E-state index contributed by atoms with van der Waals surface area (Å²) in [6.45, 7) is 0. The minimum atomic E-state index is -0.188. The Balaban J connectivity index is 2.03. The predicted molar refractivity (Wildman–Crippen MR) is 63.2 cm³/mol. The fourth-order valence-corrected chi connectivity index (χ4v) is 2.53. The van der Waals surface area contributed by atoms with E-state index in [0.717, 1.165) is 30.5 Å². The van der Waals surface area contributed by atoms with E-state index in [1.54, 1.807) is 6.33 Å².